The van der Waals surface area contributed by atoms with E-state index in [2.05, 4.69) is 6.58 Å². The van der Waals surface area contributed by atoms with Crippen LogP contribution in [0.4, 0.5) is 0 Å². The van der Waals surface area contributed by atoms with Gasteiger partial charge in [0.1, 0.15) is 0 Å². The lowest BCUT2D eigenvalue weighted by atomic mass is 10.1. The van der Waals surface area contributed by atoms with Crippen LogP contribution in [0.3, 0.4) is 0 Å². The molecule has 1 heterocycles. The first-order valence-electron chi connectivity index (χ1n) is 7.53. The molecule has 0 N–H and O–H groups in total. The van der Waals surface area contributed by atoms with Gasteiger partial charge < -0.3 is 9.30 Å². The van der Waals surface area contributed by atoms with Crippen molar-refractivity contribution < 1.29 is 14.3 Å². The maximum Gasteiger partial charge on any atom is 0.310 e. The minimum atomic E-state index is -0.399. The van der Waals surface area contributed by atoms with Crippen LogP contribution in [0.5, 0.6) is 0 Å². The van der Waals surface area contributed by atoms with E-state index >= 15 is 0 Å². The average molecular weight is 311 g/mol. The van der Waals surface area contributed by atoms with Crippen LogP contribution in [0.15, 0.2) is 49.1 Å². The number of aromatic nitrogens is 1. The summed E-state index contributed by atoms with van der Waals surface area (Å²) in [5, 5.41) is 0. The Labute approximate surface area is 136 Å². The minimum absolute atomic E-state index is 0.170. The molecule has 0 saturated carbocycles. The lowest BCUT2D eigenvalue weighted by Crippen LogP contribution is -2.16. The highest BCUT2D eigenvalue weighted by atomic mass is 16.5. The van der Waals surface area contributed by atoms with Gasteiger partial charge in [-0.3, -0.25) is 9.59 Å². The highest BCUT2D eigenvalue weighted by molar-refractivity contribution is 5.99. The molecule has 0 fully saturated rings. The number of rotatable bonds is 7. The van der Waals surface area contributed by atoms with Crippen molar-refractivity contribution >= 4 is 11.8 Å². The number of hydrogen-bond donors (Lipinski definition) is 0. The maximum absolute atomic E-state index is 12.3. The fourth-order valence-corrected chi connectivity index (χ4v) is 2.53. The van der Waals surface area contributed by atoms with Gasteiger partial charge >= 0.3 is 5.97 Å². The minimum Gasteiger partial charge on any atom is -0.457 e. The van der Waals surface area contributed by atoms with Crippen molar-refractivity contribution in [2.24, 2.45) is 0 Å². The van der Waals surface area contributed by atoms with E-state index in [1.54, 1.807) is 6.08 Å². The van der Waals surface area contributed by atoms with Crippen molar-refractivity contribution in [2.75, 3.05) is 6.61 Å². The number of ether oxygens (including phenoxy) is 1. The average Bonchev–Trinajstić information content (AvgIpc) is 2.82. The van der Waals surface area contributed by atoms with E-state index in [4.69, 9.17) is 4.74 Å². The van der Waals surface area contributed by atoms with Gasteiger partial charge in [-0.1, -0.05) is 36.4 Å². The van der Waals surface area contributed by atoms with Crippen LogP contribution in [0.1, 0.15) is 27.3 Å². The number of carbonyl (C=O) groups excluding carboxylic acids is 2. The molecular weight excluding hydrogens is 290 g/mol. The Morgan fingerprint density at radius 3 is 2.57 bits per heavy atom. The Hall–Kier alpha value is -2.62. The normalized spacial score (nSPS) is 10.3. The first-order valence-corrected chi connectivity index (χ1v) is 7.53. The molecular formula is C19H21NO3. The summed E-state index contributed by atoms with van der Waals surface area (Å²) in [6.45, 7) is 7.96. The molecule has 23 heavy (non-hydrogen) atoms. The SMILES string of the molecule is C=CCn1c(C)cc(C(=O)COC(=O)Cc2ccccc2)c1C. The number of ketones is 1. The molecule has 0 aliphatic rings. The largest absolute Gasteiger partial charge is 0.457 e. The molecule has 0 spiro atoms. The number of allylic oxidation sites excluding steroid dienone is 1. The Morgan fingerprint density at radius 1 is 1.22 bits per heavy atom. The van der Waals surface area contributed by atoms with Gasteiger partial charge in [0.15, 0.2) is 6.61 Å². The quantitative estimate of drug-likeness (QED) is 0.448. The Morgan fingerprint density at radius 2 is 1.91 bits per heavy atom. The second-order valence-electron chi connectivity index (χ2n) is 5.43. The molecule has 4 nitrogen and oxygen atoms in total. The number of carbonyl (C=O) groups is 2. The molecule has 2 rings (SSSR count). The molecule has 0 radical (unpaired) electrons. The number of hydrogen-bond acceptors (Lipinski definition) is 3. The number of esters is 1. The van der Waals surface area contributed by atoms with Crippen LogP contribution in [0, 0.1) is 13.8 Å². The standard InChI is InChI=1S/C19H21NO3/c1-4-10-20-14(2)11-17(15(20)3)18(21)13-23-19(22)12-16-8-6-5-7-9-16/h4-9,11H,1,10,12-13H2,2-3H3. The van der Waals surface area contributed by atoms with E-state index in [-0.39, 0.29) is 18.8 Å². The van der Waals surface area contributed by atoms with E-state index in [1.807, 2.05) is 54.8 Å². The monoisotopic (exact) mass is 311 g/mol. The predicted molar refractivity (Wildman–Crippen MR) is 89.5 cm³/mol. The number of aryl methyl sites for hydroxylation is 1. The number of Topliss-reactive ketones (excluding diaryl/α,β-unsaturated/α-hetero) is 1. The zero-order valence-corrected chi connectivity index (χ0v) is 13.5. The summed E-state index contributed by atoms with van der Waals surface area (Å²) in [5.74, 6) is -0.584. The molecule has 1 aromatic heterocycles. The first kappa shape index (κ1) is 16.7. The molecule has 0 atom stereocenters. The molecule has 0 unspecified atom stereocenters. The molecule has 0 bridgehead atoms. The van der Waals surface area contributed by atoms with Gasteiger partial charge in [-0.15, -0.1) is 6.58 Å². The molecule has 1 aromatic carbocycles. The summed E-state index contributed by atoms with van der Waals surface area (Å²) in [6, 6.07) is 11.1. The summed E-state index contributed by atoms with van der Waals surface area (Å²) in [7, 11) is 0. The topological polar surface area (TPSA) is 48.3 Å². The third-order valence-corrected chi connectivity index (χ3v) is 3.74. The third-order valence-electron chi connectivity index (χ3n) is 3.74. The fraction of sp³-hybridized carbons (Fsp3) is 0.263. The highest BCUT2D eigenvalue weighted by Gasteiger charge is 2.17. The van der Waals surface area contributed by atoms with E-state index in [0.29, 0.717) is 12.1 Å². The number of nitrogens with zero attached hydrogens (tertiary/aromatic N) is 1. The Kier molecular flexibility index (Phi) is 5.52. The first-order chi connectivity index (χ1) is 11.0. The van der Waals surface area contributed by atoms with Crippen LogP contribution < -0.4 is 0 Å². The molecule has 0 aliphatic heterocycles. The van der Waals surface area contributed by atoms with Gasteiger partial charge in [0.2, 0.25) is 5.78 Å². The lowest BCUT2D eigenvalue weighted by molar-refractivity contribution is -0.141. The van der Waals surface area contributed by atoms with E-state index in [9.17, 15) is 9.59 Å². The van der Waals surface area contributed by atoms with Crippen molar-refractivity contribution in [1.29, 1.82) is 0 Å². The highest BCUT2D eigenvalue weighted by Crippen LogP contribution is 2.16. The summed E-state index contributed by atoms with van der Waals surface area (Å²) in [6.07, 6.45) is 1.96. The summed E-state index contributed by atoms with van der Waals surface area (Å²) >= 11 is 0. The van der Waals surface area contributed by atoms with Crippen LogP contribution in [-0.4, -0.2) is 22.9 Å². The maximum atomic E-state index is 12.3. The van der Waals surface area contributed by atoms with Crippen molar-refractivity contribution in [1.82, 2.24) is 4.57 Å². The van der Waals surface area contributed by atoms with Crippen LogP contribution in [-0.2, 0) is 22.5 Å². The zero-order valence-electron chi connectivity index (χ0n) is 13.5. The van der Waals surface area contributed by atoms with Gasteiger partial charge in [-0.2, -0.15) is 0 Å². The Bertz CT molecular complexity index is 714. The fourth-order valence-electron chi connectivity index (χ4n) is 2.53. The third kappa shape index (κ3) is 4.19. The van der Waals surface area contributed by atoms with Gasteiger partial charge in [-0.25, -0.2) is 0 Å². The summed E-state index contributed by atoms with van der Waals surface area (Å²) in [5.41, 5.74) is 3.32. The molecule has 4 heteroatoms. The van der Waals surface area contributed by atoms with Gasteiger partial charge in [0, 0.05) is 23.5 Å². The van der Waals surface area contributed by atoms with Crippen molar-refractivity contribution in [3.8, 4) is 0 Å². The van der Waals surface area contributed by atoms with Crippen LogP contribution in [0.25, 0.3) is 0 Å². The van der Waals surface area contributed by atoms with Crippen LogP contribution in [0.2, 0.25) is 0 Å². The van der Waals surface area contributed by atoms with Crippen molar-refractivity contribution in [3.05, 3.63) is 71.6 Å². The molecule has 0 saturated heterocycles. The number of benzene rings is 1. The van der Waals surface area contributed by atoms with E-state index in [1.165, 1.54) is 0 Å². The summed E-state index contributed by atoms with van der Waals surface area (Å²) < 4.78 is 7.11. The molecule has 2 aromatic rings. The van der Waals surface area contributed by atoms with Gasteiger partial charge in [0.05, 0.1) is 6.42 Å². The molecule has 120 valence electrons. The summed E-state index contributed by atoms with van der Waals surface area (Å²) in [4.78, 5) is 24.1. The lowest BCUT2D eigenvalue weighted by Gasteiger charge is -2.07. The van der Waals surface area contributed by atoms with Crippen LogP contribution >= 0.6 is 0 Å². The van der Waals surface area contributed by atoms with E-state index < -0.39 is 5.97 Å². The van der Waals surface area contributed by atoms with Gasteiger partial charge in [0.25, 0.3) is 0 Å². The second kappa shape index (κ2) is 7.58. The van der Waals surface area contributed by atoms with Crippen molar-refractivity contribution in [2.45, 2.75) is 26.8 Å². The molecule has 0 amide bonds. The smallest absolute Gasteiger partial charge is 0.310 e. The van der Waals surface area contributed by atoms with Crippen molar-refractivity contribution in [3.63, 3.8) is 0 Å². The zero-order chi connectivity index (χ0) is 16.8. The molecule has 0 aliphatic carbocycles. The Balaban J connectivity index is 1.96. The second-order valence-corrected chi connectivity index (χ2v) is 5.43. The van der Waals surface area contributed by atoms with Gasteiger partial charge in [-0.05, 0) is 25.5 Å². The van der Waals surface area contributed by atoms with E-state index in [0.717, 1.165) is 17.0 Å². The predicted octanol–water partition coefficient (Wildman–Crippen LogP) is 3.26.